The van der Waals surface area contributed by atoms with Gasteiger partial charge in [-0.3, -0.25) is 11.3 Å². The molecule has 5 nitrogen and oxygen atoms in total. The fourth-order valence-electron chi connectivity index (χ4n) is 2.01. The molecule has 0 aromatic carbocycles. The van der Waals surface area contributed by atoms with E-state index in [-0.39, 0.29) is 6.04 Å². The van der Waals surface area contributed by atoms with Gasteiger partial charge in [0.15, 0.2) is 0 Å². The van der Waals surface area contributed by atoms with E-state index in [9.17, 15) is 0 Å². The second-order valence-corrected chi connectivity index (χ2v) is 6.44. The molecule has 0 aliphatic heterocycles. The quantitative estimate of drug-likeness (QED) is 0.627. The second kappa shape index (κ2) is 6.27. The van der Waals surface area contributed by atoms with Crippen LogP contribution in [0.2, 0.25) is 0 Å². The summed E-state index contributed by atoms with van der Waals surface area (Å²) >= 11 is 1.76. The largest absolute Gasteiger partial charge is 0.271 e. The number of thiophene rings is 1. The van der Waals surface area contributed by atoms with Crippen LogP contribution in [0, 0.1) is 12.8 Å². The highest BCUT2D eigenvalue weighted by Crippen LogP contribution is 2.24. The first-order chi connectivity index (χ1) is 9.10. The van der Waals surface area contributed by atoms with Gasteiger partial charge in [-0.05, 0) is 25.0 Å². The van der Waals surface area contributed by atoms with Gasteiger partial charge in [0.25, 0.3) is 0 Å². The molecule has 0 saturated heterocycles. The zero-order valence-electron chi connectivity index (χ0n) is 11.6. The lowest BCUT2D eigenvalue weighted by atomic mass is 10.1. The van der Waals surface area contributed by atoms with Crippen molar-refractivity contribution in [2.45, 2.75) is 39.8 Å². The van der Waals surface area contributed by atoms with Crippen LogP contribution in [0.4, 0.5) is 0 Å². The average molecular weight is 279 g/mol. The number of nitrogens with two attached hydrogens (primary N) is 1. The van der Waals surface area contributed by atoms with E-state index in [0.717, 1.165) is 18.8 Å². The molecule has 2 aromatic rings. The van der Waals surface area contributed by atoms with Gasteiger partial charge in [0.05, 0.1) is 6.04 Å². The molecule has 19 heavy (non-hydrogen) atoms. The van der Waals surface area contributed by atoms with Gasteiger partial charge in [0, 0.05) is 22.7 Å². The van der Waals surface area contributed by atoms with E-state index < -0.39 is 0 Å². The Morgan fingerprint density at radius 2 is 2.21 bits per heavy atom. The Morgan fingerprint density at radius 1 is 1.42 bits per heavy atom. The predicted octanol–water partition coefficient (Wildman–Crippen LogP) is 2.05. The summed E-state index contributed by atoms with van der Waals surface area (Å²) in [5.41, 5.74) is 2.88. The standard InChI is InChI=1S/C13H21N5S/c1-9(2)7-18-13(15-8-16-18)6-11(17-14)12-5-4-10(3)19-12/h4-5,8-9,11,17H,6-7,14H2,1-3H3. The third-order valence-electron chi connectivity index (χ3n) is 2.93. The second-order valence-electron chi connectivity index (χ2n) is 5.12. The summed E-state index contributed by atoms with van der Waals surface area (Å²) in [5, 5.41) is 4.28. The number of aromatic nitrogens is 3. The van der Waals surface area contributed by atoms with Crippen molar-refractivity contribution < 1.29 is 0 Å². The Balaban J connectivity index is 2.12. The molecule has 2 heterocycles. The molecule has 2 rings (SSSR count). The van der Waals surface area contributed by atoms with Crippen LogP contribution in [0.1, 0.15) is 35.5 Å². The van der Waals surface area contributed by atoms with Crippen molar-refractivity contribution in [3.8, 4) is 0 Å². The molecule has 0 spiro atoms. The van der Waals surface area contributed by atoms with Crippen LogP contribution in [-0.2, 0) is 13.0 Å². The van der Waals surface area contributed by atoms with Crippen LogP contribution < -0.4 is 11.3 Å². The third kappa shape index (κ3) is 3.62. The minimum absolute atomic E-state index is 0.0915. The summed E-state index contributed by atoms with van der Waals surface area (Å²) in [6.45, 7) is 7.33. The lowest BCUT2D eigenvalue weighted by Crippen LogP contribution is -2.30. The number of hydrazine groups is 1. The highest BCUT2D eigenvalue weighted by molar-refractivity contribution is 7.12. The van der Waals surface area contributed by atoms with Gasteiger partial charge in [0.2, 0.25) is 0 Å². The first kappa shape index (κ1) is 14.2. The van der Waals surface area contributed by atoms with Crippen LogP contribution in [0.25, 0.3) is 0 Å². The highest BCUT2D eigenvalue weighted by Gasteiger charge is 2.16. The van der Waals surface area contributed by atoms with Crippen molar-refractivity contribution in [1.82, 2.24) is 20.2 Å². The zero-order chi connectivity index (χ0) is 13.8. The summed E-state index contributed by atoms with van der Waals surface area (Å²) in [7, 11) is 0. The van der Waals surface area contributed by atoms with Gasteiger partial charge in [-0.1, -0.05) is 13.8 Å². The van der Waals surface area contributed by atoms with Crippen LogP contribution in [0.15, 0.2) is 18.5 Å². The first-order valence-electron chi connectivity index (χ1n) is 6.49. The SMILES string of the molecule is Cc1ccc(C(Cc2ncnn2CC(C)C)NN)s1. The van der Waals surface area contributed by atoms with Crippen molar-refractivity contribution in [2.24, 2.45) is 11.8 Å². The normalized spacial score (nSPS) is 13.1. The fourth-order valence-corrected chi connectivity index (χ4v) is 2.95. The van der Waals surface area contributed by atoms with Crippen LogP contribution in [0.5, 0.6) is 0 Å². The highest BCUT2D eigenvalue weighted by atomic mass is 32.1. The Labute approximate surface area is 117 Å². The van der Waals surface area contributed by atoms with Crippen LogP contribution in [-0.4, -0.2) is 14.8 Å². The van der Waals surface area contributed by atoms with Crippen LogP contribution in [0.3, 0.4) is 0 Å². The van der Waals surface area contributed by atoms with Gasteiger partial charge >= 0.3 is 0 Å². The predicted molar refractivity (Wildman–Crippen MR) is 77.7 cm³/mol. The molecule has 1 unspecified atom stereocenters. The average Bonchev–Trinajstić information content (AvgIpc) is 2.95. The van der Waals surface area contributed by atoms with E-state index in [1.54, 1.807) is 17.7 Å². The summed E-state index contributed by atoms with van der Waals surface area (Å²) in [6, 6.07) is 4.32. The van der Waals surface area contributed by atoms with E-state index in [0.29, 0.717) is 5.92 Å². The molecule has 0 aliphatic carbocycles. The van der Waals surface area contributed by atoms with Crippen LogP contribution >= 0.6 is 11.3 Å². The maximum atomic E-state index is 5.68. The molecule has 104 valence electrons. The van der Waals surface area contributed by atoms with E-state index in [1.807, 2.05) is 4.68 Å². The van der Waals surface area contributed by atoms with Crippen molar-refractivity contribution in [2.75, 3.05) is 0 Å². The Hall–Kier alpha value is -1.24. The lowest BCUT2D eigenvalue weighted by Gasteiger charge is -2.15. The minimum atomic E-state index is 0.0915. The Kier molecular flexibility index (Phi) is 4.68. The van der Waals surface area contributed by atoms with Gasteiger partial charge in [-0.2, -0.15) is 5.10 Å². The van der Waals surface area contributed by atoms with E-state index in [2.05, 4.69) is 48.4 Å². The van der Waals surface area contributed by atoms with Gasteiger partial charge < -0.3 is 0 Å². The summed E-state index contributed by atoms with van der Waals surface area (Å²) in [6.07, 6.45) is 2.37. The van der Waals surface area contributed by atoms with Gasteiger partial charge in [-0.25, -0.2) is 9.67 Å². The number of hydrogen-bond acceptors (Lipinski definition) is 5. The number of rotatable bonds is 6. The number of aryl methyl sites for hydroxylation is 1. The Bertz CT molecular complexity index is 517. The van der Waals surface area contributed by atoms with E-state index >= 15 is 0 Å². The van der Waals surface area contributed by atoms with E-state index in [1.165, 1.54) is 9.75 Å². The van der Waals surface area contributed by atoms with Crippen molar-refractivity contribution in [1.29, 1.82) is 0 Å². The molecule has 3 N–H and O–H groups in total. The first-order valence-corrected chi connectivity index (χ1v) is 7.31. The number of nitrogens with one attached hydrogen (secondary N) is 1. The summed E-state index contributed by atoms with van der Waals surface area (Å²) in [5.74, 6) is 7.21. The van der Waals surface area contributed by atoms with E-state index in [4.69, 9.17) is 5.84 Å². The van der Waals surface area contributed by atoms with Gasteiger partial charge in [-0.15, -0.1) is 11.3 Å². The minimum Gasteiger partial charge on any atom is -0.271 e. The molecule has 0 aliphatic rings. The smallest absolute Gasteiger partial charge is 0.138 e. The monoisotopic (exact) mass is 279 g/mol. The molecule has 6 heteroatoms. The molecule has 0 fully saturated rings. The maximum Gasteiger partial charge on any atom is 0.138 e. The van der Waals surface area contributed by atoms with Crippen molar-refractivity contribution >= 4 is 11.3 Å². The number of hydrogen-bond donors (Lipinski definition) is 2. The summed E-state index contributed by atoms with van der Waals surface area (Å²) in [4.78, 5) is 6.88. The maximum absolute atomic E-state index is 5.68. The fraction of sp³-hybridized carbons (Fsp3) is 0.538. The molecule has 0 saturated carbocycles. The zero-order valence-corrected chi connectivity index (χ0v) is 12.4. The lowest BCUT2D eigenvalue weighted by molar-refractivity contribution is 0.448. The molecule has 0 radical (unpaired) electrons. The summed E-state index contributed by atoms with van der Waals surface area (Å²) < 4.78 is 1.97. The third-order valence-corrected chi connectivity index (χ3v) is 4.04. The van der Waals surface area contributed by atoms with Gasteiger partial charge in [0.1, 0.15) is 12.2 Å². The molecular weight excluding hydrogens is 258 g/mol. The Morgan fingerprint density at radius 3 is 2.79 bits per heavy atom. The molecular formula is C13H21N5S. The van der Waals surface area contributed by atoms with Crippen molar-refractivity contribution in [3.63, 3.8) is 0 Å². The molecule has 1 atom stereocenters. The molecule has 0 amide bonds. The number of nitrogens with zero attached hydrogens (tertiary/aromatic N) is 3. The molecule has 0 bridgehead atoms. The topological polar surface area (TPSA) is 68.8 Å². The molecule has 2 aromatic heterocycles. The van der Waals surface area contributed by atoms with Crippen molar-refractivity contribution in [3.05, 3.63) is 34.0 Å².